The summed E-state index contributed by atoms with van der Waals surface area (Å²) < 4.78 is 0. The number of aromatic amines is 1. The summed E-state index contributed by atoms with van der Waals surface area (Å²) >= 11 is 0. The van der Waals surface area contributed by atoms with E-state index in [-0.39, 0.29) is 24.2 Å². The lowest BCUT2D eigenvalue weighted by Crippen LogP contribution is -2.42. The fourth-order valence-corrected chi connectivity index (χ4v) is 3.47. The topological polar surface area (TPSA) is 90.1 Å². The number of nitrogens with zero attached hydrogens (tertiary/aromatic N) is 2. The van der Waals surface area contributed by atoms with E-state index in [1.165, 1.54) is 0 Å². The number of carbonyl (C=O) groups excluding carboxylic acids is 2. The highest BCUT2D eigenvalue weighted by molar-refractivity contribution is 5.97. The van der Waals surface area contributed by atoms with Crippen LogP contribution in [0.3, 0.4) is 0 Å². The monoisotopic (exact) mass is 375 g/mol. The summed E-state index contributed by atoms with van der Waals surface area (Å²) in [6, 6.07) is 9.41. The van der Waals surface area contributed by atoms with Gasteiger partial charge in [-0.25, -0.2) is 0 Å². The molecule has 2 aliphatic heterocycles. The van der Waals surface area contributed by atoms with Crippen molar-refractivity contribution in [3.05, 3.63) is 52.8 Å². The van der Waals surface area contributed by atoms with Gasteiger partial charge in [0.2, 0.25) is 5.91 Å². The van der Waals surface area contributed by atoms with Crippen LogP contribution in [0.15, 0.2) is 30.3 Å². The highest BCUT2D eigenvalue weighted by atomic mass is 35.5. The van der Waals surface area contributed by atoms with Crippen molar-refractivity contribution in [1.82, 2.24) is 25.7 Å². The molecule has 3 heterocycles. The number of hydrogen-bond donors (Lipinski definition) is 3. The van der Waals surface area contributed by atoms with Gasteiger partial charge in [0.05, 0.1) is 0 Å². The van der Waals surface area contributed by atoms with Gasteiger partial charge in [0, 0.05) is 43.9 Å². The molecule has 0 bridgehead atoms. The van der Waals surface area contributed by atoms with Gasteiger partial charge in [-0.05, 0) is 12.0 Å². The SMILES string of the molecule is Cl.O=C(NC1CCN(Cc2ccccc2)C1=O)c1n[nH]c2c1CNCC2. The molecule has 2 amide bonds. The van der Waals surface area contributed by atoms with Crippen molar-refractivity contribution >= 4 is 24.2 Å². The van der Waals surface area contributed by atoms with E-state index in [0.29, 0.717) is 31.7 Å². The quantitative estimate of drug-likeness (QED) is 0.744. The number of benzene rings is 1. The zero-order chi connectivity index (χ0) is 17.2. The Bertz CT molecular complexity index is 792. The number of aromatic nitrogens is 2. The number of likely N-dealkylation sites (tertiary alicyclic amines) is 1. The minimum Gasteiger partial charge on any atom is -0.339 e. The Morgan fingerprint density at radius 1 is 1.31 bits per heavy atom. The van der Waals surface area contributed by atoms with Crippen molar-refractivity contribution in [2.75, 3.05) is 13.1 Å². The van der Waals surface area contributed by atoms with Crippen LogP contribution in [0, 0.1) is 0 Å². The molecule has 7 nitrogen and oxygen atoms in total. The minimum absolute atomic E-state index is 0. The molecule has 2 aromatic rings. The predicted octanol–water partition coefficient (Wildman–Crippen LogP) is 1.01. The van der Waals surface area contributed by atoms with Crippen LogP contribution in [0.1, 0.15) is 33.7 Å². The van der Waals surface area contributed by atoms with Gasteiger partial charge >= 0.3 is 0 Å². The van der Waals surface area contributed by atoms with Crippen LogP contribution in [0.5, 0.6) is 0 Å². The van der Waals surface area contributed by atoms with Crippen LogP contribution in [0.25, 0.3) is 0 Å². The predicted molar refractivity (Wildman–Crippen MR) is 99.0 cm³/mol. The molecule has 3 N–H and O–H groups in total. The Morgan fingerprint density at radius 3 is 2.92 bits per heavy atom. The highest BCUT2D eigenvalue weighted by Gasteiger charge is 2.34. The summed E-state index contributed by atoms with van der Waals surface area (Å²) in [5, 5.41) is 13.2. The normalized spacial score (nSPS) is 19.0. The van der Waals surface area contributed by atoms with Crippen molar-refractivity contribution < 1.29 is 9.59 Å². The van der Waals surface area contributed by atoms with Gasteiger partial charge in [0.1, 0.15) is 6.04 Å². The average molecular weight is 376 g/mol. The van der Waals surface area contributed by atoms with Gasteiger partial charge in [-0.3, -0.25) is 14.7 Å². The third-order valence-corrected chi connectivity index (χ3v) is 4.84. The molecule has 0 aliphatic carbocycles. The summed E-state index contributed by atoms with van der Waals surface area (Å²) in [5.74, 6) is -0.305. The fourth-order valence-electron chi connectivity index (χ4n) is 3.47. The Labute approximate surface area is 157 Å². The molecule has 1 unspecified atom stereocenters. The molecule has 1 atom stereocenters. The Balaban J connectivity index is 0.00000196. The summed E-state index contributed by atoms with van der Waals surface area (Å²) in [5.41, 5.74) is 3.41. The number of halogens is 1. The van der Waals surface area contributed by atoms with Gasteiger partial charge < -0.3 is 15.5 Å². The van der Waals surface area contributed by atoms with Crippen LogP contribution in [0.2, 0.25) is 0 Å². The summed E-state index contributed by atoms with van der Waals surface area (Å²) in [6.45, 7) is 2.74. The van der Waals surface area contributed by atoms with E-state index in [9.17, 15) is 9.59 Å². The van der Waals surface area contributed by atoms with E-state index in [2.05, 4.69) is 20.8 Å². The van der Waals surface area contributed by atoms with E-state index >= 15 is 0 Å². The lowest BCUT2D eigenvalue weighted by atomic mass is 10.1. The van der Waals surface area contributed by atoms with E-state index in [0.717, 1.165) is 29.8 Å². The van der Waals surface area contributed by atoms with Crippen LogP contribution >= 0.6 is 12.4 Å². The first-order chi connectivity index (χ1) is 12.2. The van der Waals surface area contributed by atoms with Gasteiger partial charge in [-0.2, -0.15) is 5.10 Å². The molecule has 26 heavy (non-hydrogen) atoms. The molecule has 4 rings (SSSR count). The number of rotatable bonds is 4. The van der Waals surface area contributed by atoms with Crippen molar-refractivity contribution in [3.8, 4) is 0 Å². The summed E-state index contributed by atoms with van der Waals surface area (Å²) in [4.78, 5) is 26.9. The first-order valence-electron chi connectivity index (χ1n) is 8.63. The lowest BCUT2D eigenvalue weighted by Gasteiger charge is -2.17. The van der Waals surface area contributed by atoms with Crippen molar-refractivity contribution in [3.63, 3.8) is 0 Å². The number of amides is 2. The Hall–Kier alpha value is -2.38. The molecule has 1 aromatic carbocycles. The molecular weight excluding hydrogens is 354 g/mol. The highest BCUT2D eigenvalue weighted by Crippen LogP contribution is 2.18. The first-order valence-corrected chi connectivity index (χ1v) is 8.63. The standard InChI is InChI=1S/C18H21N5O2.ClH/c24-17(16-13-10-19-8-6-14(13)21-22-16)20-15-7-9-23(18(15)25)11-12-4-2-1-3-5-12;/h1-5,15,19H,6-11H2,(H,20,24)(H,21,22);1H. The zero-order valence-electron chi connectivity index (χ0n) is 14.3. The smallest absolute Gasteiger partial charge is 0.272 e. The van der Waals surface area contributed by atoms with Gasteiger partial charge in [-0.15, -0.1) is 12.4 Å². The maximum atomic E-state index is 12.6. The molecule has 1 fully saturated rings. The van der Waals surface area contributed by atoms with Crippen LogP contribution in [-0.4, -0.2) is 46.0 Å². The molecule has 0 saturated carbocycles. The Kier molecular flexibility index (Phi) is 5.58. The van der Waals surface area contributed by atoms with Crippen LogP contribution in [-0.2, 0) is 24.3 Å². The molecule has 0 radical (unpaired) electrons. The Morgan fingerprint density at radius 2 is 2.12 bits per heavy atom. The van der Waals surface area contributed by atoms with E-state index in [1.807, 2.05) is 30.3 Å². The third-order valence-electron chi connectivity index (χ3n) is 4.84. The molecule has 0 spiro atoms. The number of hydrogen-bond acceptors (Lipinski definition) is 4. The minimum atomic E-state index is -0.472. The molecule has 8 heteroatoms. The summed E-state index contributed by atoms with van der Waals surface area (Å²) in [7, 11) is 0. The molecular formula is C18H22ClN5O2. The van der Waals surface area contributed by atoms with Crippen LogP contribution in [0.4, 0.5) is 0 Å². The fraction of sp³-hybridized carbons (Fsp3) is 0.389. The van der Waals surface area contributed by atoms with Gasteiger partial charge in [0.25, 0.3) is 5.91 Å². The van der Waals surface area contributed by atoms with Gasteiger partial charge in [0.15, 0.2) is 5.69 Å². The molecule has 138 valence electrons. The number of nitrogens with one attached hydrogen (secondary N) is 3. The number of carbonyl (C=O) groups is 2. The van der Waals surface area contributed by atoms with Crippen molar-refractivity contribution in [1.29, 1.82) is 0 Å². The first kappa shape index (κ1) is 18.4. The maximum Gasteiger partial charge on any atom is 0.272 e. The van der Waals surface area contributed by atoms with E-state index in [1.54, 1.807) is 4.90 Å². The summed E-state index contributed by atoms with van der Waals surface area (Å²) in [6.07, 6.45) is 1.46. The van der Waals surface area contributed by atoms with Crippen molar-refractivity contribution in [2.24, 2.45) is 0 Å². The van der Waals surface area contributed by atoms with E-state index < -0.39 is 6.04 Å². The molecule has 2 aliphatic rings. The lowest BCUT2D eigenvalue weighted by molar-refractivity contribution is -0.129. The van der Waals surface area contributed by atoms with Crippen LogP contribution < -0.4 is 10.6 Å². The van der Waals surface area contributed by atoms with Crippen molar-refractivity contribution in [2.45, 2.75) is 32.0 Å². The second-order valence-corrected chi connectivity index (χ2v) is 6.52. The molecule has 1 saturated heterocycles. The second kappa shape index (κ2) is 7.88. The number of fused-ring (bicyclic) bond motifs is 1. The van der Waals surface area contributed by atoms with Gasteiger partial charge in [-0.1, -0.05) is 30.3 Å². The van der Waals surface area contributed by atoms with E-state index in [4.69, 9.17) is 0 Å². The zero-order valence-corrected chi connectivity index (χ0v) is 15.1. The maximum absolute atomic E-state index is 12.6. The third kappa shape index (κ3) is 3.59. The second-order valence-electron chi connectivity index (χ2n) is 6.52. The molecule has 1 aromatic heterocycles. The average Bonchev–Trinajstić information content (AvgIpc) is 3.21. The number of H-pyrrole nitrogens is 1. The largest absolute Gasteiger partial charge is 0.339 e.